The highest BCUT2D eigenvalue weighted by Gasteiger charge is 2.43. The Kier molecular flexibility index (Phi) is 6.13. The van der Waals surface area contributed by atoms with Gasteiger partial charge in [0.05, 0.1) is 21.0 Å². The van der Waals surface area contributed by atoms with Gasteiger partial charge in [0.25, 0.3) is 0 Å². The first-order valence-corrected chi connectivity index (χ1v) is 9.13. The molecule has 3 aromatic rings. The van der Waals surface area contributed by atoms with E-state index in [9.17, 15) is 44.6 Å². The topological polar surface area (TPSA) is 75.9 Å². The Morgan fingerprint density at radius 1 is 0.909 bits per heavy atom. The molecule has 6 nitrogen and oxygen atoms in total. The van der Waals surface area contributed by atoms with Crippen molar-refractivity contribution in [1.82, 2.24) is 19.7 Å². The van der Waals surface area contributed by atoms with Gasteiger partial charge >= 0.3 is 18.5 Å². The molecule has 17 heteroatoms. The number of nitrogens with zero attached hydrogens (tertiary/aromatic N) is 4. The Labute approximate surface area is 186 Å². The van der Waals surface area contributed by atoms with Gasteiger partial charge in [-0.05, 0) is 19.1 Å². The maximum absolute atomic E-state index is 13.6. The molecule has 3 rings (SSSR count). The van der Waals surface area contributed by atoms with Crippen molar-refractivity contribution in [2.24, 2.45) is 0 Å². The molecule has 0 aliphatic rings. The predicted octanol–water partition coefficient (Wildman–Crippen LogP) is 5.93. The molecule has 180 valence electrons. The predicted molar refractivity (Wildman–Crippen MR) is 97.0 cm³/mol. The lowest BCUT2D eigenvalue weighted by Crippen LogP contribution is -2.20. The highest BCUT2D eigenvalue weighted by atomic mass is 35.5. The van der Waals surface area contributed by atoms with Crippen molar-refractivity contribution < 1.29 is 44.6 Å². The van der Waals surface area contributed by atoms with Gasteiger partial charge in [0.1, 0.15) is 17.7 Å². The van der Waals surface area contributed by atoms with Crippen molar-refractivity contribution >= 4 is 40.1 Å². The summed E-state index contributed by atoms with van der Waals surface area (Å²) in [6.45, 7) is 1.04. The molecule has 2 N–H and O–H groups in total. The van der Waals surface area contributed by atoms with Crippen LogP contribution >= 0.6 is 23.2 Å². The van der Waals surface area contributed by atoms with Gasteiger partial charge < -0.3 is 10.4 Å². The number of aliphatic hydroxyl groups is 1. The van der Waals surface area contributed by atoms with Crippen LogP contribution in [0.3, 0.4) is 0 Å². The van der Waals surface area contributed by atoms with Crippen molar-refractivity contribution in [2.45, 2.75) is 31.7 Å². The second-order valence-corrected chi connectivity index (χ2v) is 7.27. The molecule has 0 radical (unpaired) electrons. The minimum absolute atomic E-state index is 0.388. The first kappa shape index (κ1) is 25.1. The molecule has 33 heavy (non-hydrogen) atoms. The van der Waals surface area contributed by atoms with Crippen LogP contribution in [0, 0.1) is 0 Å². The summed E-state index contributed by atoms with van der Waals surface area (Å²) in [6.07, 6.45) is -17.3. The average molecular weight is 528 g/mol. The average Bonchev–Trinajstić information content (AvgIpc) is 2.95. The van der Waals surface area contributed by atoms with E-state index >= 15 is 0 Å². The number of benzene rings is 1. The molecular formula is C16H8Cl2F9N5O. The van der Waals surface area contributed by atoms with E-state index in [1.807, 2.05) is 0 Å². The number of fused-ring (bicyclic) bond motifs is 1. The molecule has 0 aliphatic carbocycles. The molecule has 0 bridgehead atoms. The van der Waals surface area contributed by atoms with Crippen LogP contribution in [0.1, 0.15) is 24.0 Å². The summed E-state index contributed by atoms with van der Waals surface area (Å²) in [5.41, 5.74) is -5.12. The molecule has 1 unspecified atom stereocenters. The second kappa shape index (κ2) is 8.06. The van der Waals surface area contributed by atoms with Crippen LogP contribution < -0.4 is 5.32 Å². The van der Waals surface area contributed by atoms with Crippen molar-refractivity contribution in [3.63, 3.8) is 0 Å². The number of anilines is 1. The molecule has 2 heterocycles. The zero-order chi connectivity index (χ0) is 25.1. The molecule has 0 fully saturated rings. The molecule has 0 aliphatic heterocycles. The number of aliphatic hydroxyl groups excluding tert-OH is 1. The van der Waals surface area contributed by atoms with Crippen molar-refractivity contribution in [3.05, 3.63) is 39.3 Å². The first-order valence-electron chi connectivity index (χ1n) is 8.37. The number of nitrogens with one attached hydrogen (secondary N) is 1. The number of hydrogen-bond acceptors (Lipinski definition) is 5. The zero-order valence-corrected chi connectivity index (χ0v) is 17.1. The summed E-state index contributed by atoms with van der Waals surface area (Å²) < 4.78 is 119. The number of halogens is 11. The van der Waals surface area contributed by atoms with Crippen LogP contribution in [0.2, 0.25) is 10.0 Å². The van der Waals surface area contributed by atoms with E-state index in [4.69, 9.17) is 23.2 Å². The lowest BCUT2D eigenvalue weighted by Gasteiger charge is -2.17. The highest BCUT2D eigenvalue weighted by molar-refractivity contribution is 6.38. The first-order chi connectivity index (χ1) is 14.9. The van der Waals surface area contributed by atoms with Crippen molar-refractivity contribution in [2.75, 3.05) is 5.32 Å². The zero-order valence-electron chi connectivity index (χ0n) is 15.6. The Balaban J connectivity index is 2.45. The molecule has 2 aromatic heterocycles. The third-order valence-corrected chi connectivity index (χ3v) is 4.53. The molecule has 0 saturated heterocycles. The van der Waals surface area contributed by atoms with Crippen LogP contribution in [-0.2, 0) is 18.5 Å². The van der Waals surface area contributed by atoms with E-state index in [2.05, 4.69) is 20.4 Å². The van der Waals surface area contributed by atoms with E-state index in [1.54, 1.807) is 0 Å². The van der Waals surface area contributed by atoms with E-state index in [1.165, 1.54) is 0 Å². The summed E-state index contributed by atoms with van der Waals surface area (Å²) >= 11 is 11.7. The summed E-state index contributed by atoms with van der Waals surface area (Å²) in [5, 5.41) is 12.7. The van der Waals surface area contributed by atoms with Gasteiger partial charge in [-0.3, -0.25) is 0 Å². The van der Waals surface area contributed by atoms with Crippen LogP contribution in [-0.4, -0.2) is 31.1 Å². The van der Waals surface area contributed by atoms with Gasteiger partial charge in [0.15, 0.2) is 11.3 Å². The number of alkyl halides is 9. The highest BCUT2D eigenvalue weighted by Crippen LogP contribution is 2.43. The largest absolute Gasteiger partial charge is 0.451 e. The van der Waals surface area contributed by atoms with Gasteiger partial charge in [-0.15, -0.1) is 5.10 Å². The van der Waals surface area contributed by atoms with Gasteiger partial charge in [0.2, 0.25) is 5.82 Å². The van der Waals surface area contributed by atoms with Crippen LogP contribution in [0.15, 0.2) is 12.1 Å². The summed E-state index contributed by atoms with van der Waals surface area (Å²) in [7, 11) is 0. The standard InChI is InChI=1S/C16H8Cl2F9N5O/c1-4(33)28-12-8-10(15(22,23)24)29-13(16(25,26)27)30-11(8)31-32(12)9-6(17)2-5(3-7(9)18)14(19,20)21/h2-4,28,33H,1H3. The lowest BCUT2D eigenvalue weighted by molar-refractivity contribution is -0.151. The smallest absolute Gasteiger partial charge is 0.374 e. The van der Waals surface area contributed by atoms with Crippen LogP contribution in [0.25, 0.3) is 16.7 Å². The fourth-order valence-corrected chi connectivity index (χ4v) is 3.39. The van der Waals surface area contributed by atoms with Crippen LogP contribution in [0.4, 0.5) is 45.3 Å². The minimum atomic E-state index is -5.45. The maximum atomic E-state index is 13.6. The summed E-state index contributed by atoms with van der Waals surface area (Å²) in [4.78, 5) is 5.55. The third kappa shape index (κ3) is 4.89. The van der Waals surface area contributed by atoms with Crippen LogP contribution in [0.5, 0.6) is 0 Å². The number of hydrogen-bond donors (Lipinski definition) is 2. The second-order valence-electron chi connectivity index (χ2n) is 6.46. The van der Waals surface area contributed by atoms with E-state index < -0.39 is 74.4 Å². The van der Waals surface area contributed by atoms with Crippen molar-refractivity contribution in [1.29, 1.82) is 0 Å². The van der Waals surface area contributed by atoms with Crippen molar-refractivity contribution in [3.8, 4) is 5.69 Å². The van der Waals surface area contributed by atoms with E-state index in [0.717, 1.165) is 6.92 Å². The van der Waals surface area contributed by atoms with Gasteiger partial charge in [-0.2, -0.15) is 39.5 Å². The Morgan fingerprint density at radius 3 is 1.88 bits per heavy atom. The molecule has 1 aromatic carbocycles. The SMILES string of the molecule is CC(O)Nc1c2c(C(F)(F)F)nc(C(F)(F)F)nc2nn1-c1c(Cl)cc(C(F)(F)F)cc1Cl. The fraction of sp³-hybridized carbons (Fsp3) is 0.312. The molecule has 0 spiro atoms. The van der Waals surface area contributed by atoms with Gasteiger partial charge in [-0.1, -0.05) is 23.2 Å². The maximum Gasteiger partial charge on any atom is 0.451 e. The minimum Gasteiger partial charge on any atom is -0.374 e. The fourth-order valence-electron chi connectivity index (χ4n) is 2.75. The Bertz CT molecular complexity index is 1200. The van der Waals surface area contributed by atoms with E-state index in [-0.39, 0.29) is 0 Å². The number of rotatable bonds is 3. The normalized spacial score (nSPS) is 14.1. The molecule has 0 saturated carbocycles. The van der Waals surface area contributed by atoms with Gasteiger partial charge in [0, 0.05) is 0 Å². The third-order valence-electron chi connectivity index (χ3n) is 3.96. The Hall–Kier alpha value is -2.52. The molecule has 0 amide bonds. The lowest BCUT2D eigenvalue weighted by atomic mass is 10.2. The summed E-state index contributed by atoms with van der Waals surface area (Å²) in [5.74, 6) is -2.98. The molecule has 1 atom stereocenters. The molecular weight excluding hydrogens is 520 g/mol. The summed E-state index contributed by atoms with van der Waals surface area (Å²) in [6, 6.07) is 0.775. The Morgan fingerprint density at radius 2 is 1.45 bits per heavy atom. The monoisotopic (exact) mass is 527 g/mol. The number of aromatic nitrogens is 4. The van der Waals surface area contributed by atoms with Gasteiger partial charge in [-0.25, -0.2) is 14.6 Å². The van der Waals surface area contributed by atoms with E-state index in [0.29, 0.717) is 16.8 Å². The quantitative estimate of drug-likeness (QED) is 0.326.